The molecule has 8 atom stereocenters. The molecule has 0 aliphatic carbocycles. The topological polar surface area (TPSA) is 125 Å². The summed E-state index contributed by atoms with van der Waals surface area (Å²) in [5.74, 6) is -3.50. The Balaban J connectivity index is 1.52. The van der Waals surface area contributed by atoms with Gasteiger partial charge in [-0.3, -0.25) is 19.2 Å². The highest BCUT2D eigenvalue weighted by Crippen LogP contribution is 2.59. The van der Waals surface area contributed by atoms with Crippen LogP contribution in [0.5, 0.6) is 0 Å². The molecule has 2 N–H and O–H groups in total. The fourth-order valence-electron chi connectivity index (χ4n) is 8.19. The predicted octanol–water partition coefficient (Wildman–Crippen LogP) is 4.72. The average molecular weight is 672 g/mol. The molecule has 2 bridgehead atoms. The fourth-order valence-corrected chi connectivity index (χ4v) is 8.19. The molecule has 10 heteroatoms. The first-order valence-corrected chi connectivity index (χ1v) is 17.3. The number of benzene rings is 2. The molecule has 0 unspecified atom stereocenters. The monoisotopic (exact) mass is 671 g/mol. The van der Waals surface area contributed by atoms with Crippen LogP contribution in [0.15, 0.2) is 73.8 Å². The number of hydrogen-bond donors (Lipinski definition) is 2. The molecule has 3 amide bonds. The van der Waals surface area contributed by atoms with Gasteiger partial charge in [0.05, 0.1) is 36.6 Å². The van der Waals surface area contributed by atoms with Crippen LogP contribution in [-0.2, 0) is 28.7 Å². The van der Waals surface area contributed by atoms with E-state index >= 15 is 0 Å². The highest BCUT2D eigenvalue weighted by molar-refractivity contribution is 6.05. The number of likely N-dealkylation sites (tertiary alicyclic amines) is 1. The summed E-state index contributed by atoms with van der Waals surface area (Å²) in [6.07, 6.45) is 3.88. The van der Waals surface area contributed by atoms with Crippen LogP contribution < -0.4 is 10.2 Å². The van der Waals surface area contributed by atoms with Gasteiger partial charge in [0.2, 0.25) is 11.8 Å². The van der Waals surface area contributed by atoms with E-state index in [4.69, 9.17) is 9.47 Å². The number of fused-ring (bicyclic) bond motifs is 1. The van der Waals surface area contributed by atoms with E-state index in [1.54, 1.807) is 24.0 Å². The lowest BCUT2D eigenvalue weighted by Gasteiger charge is -2.39. The van der Waals surface area contributed by atoms with Gasteiger partial charge in [-0.2, -0.15) is 0 Å². The molecular weight excluding hydrogens is 622 g/mol. The van der Waals surface area contributed by atoms with Crippen molar-refractivity contribution in [3.05, 3.63) is 90.5 Å². The minimum atomic E-state index is -1.28. The number of amides is 3. The van der Waals surface area contributed by atoms with Crippen LogP contribution in [0, 0.1) is 25.7 Å². The second-order valence-electron chi connectivity index (χ2n) is 13.5. The smallest absolute Gasteiger partial charge is 0.313 e. The number of carbonyl (C=O) groups excluding carboxylic acids is 4. The van der Waals surface area contributed by atoms with Gasteiger partial charge in [0.15, 0.2) is 0 Å². The van der Waals surface area contributed by atoms with Crippen LogP contribution in [-0.4, -0.2) is 76.7 Å². The Morgan fingerprint density at radius 3 is 2.43 bits per heavy atom. The molecule has 0 aromatic heterocycles. The molecule has 49 heavy (non-hydrogen) atoms. The van der Waals surface area contributed by atoms with Crippen molar-refractivity contribution in [3.63, 3.8) is 0 Å². The number of carbonyl (C=O) groups is 4. The minimum Gasteiger partial charge on any atom is -0.455 e. The van der Waals surface area contributed by atoms with Gasteiger partial charge in [-0.05, 0) is 63.1 Å². The van der Waals surface area contributed by atoms with Crippen LogP contribution in [0.2, 0.25) is 0 Å². The van der Waals surface area contributed by atoms with Crippen molar-refractivity contribution in [3.8, 4) is 0 Å². The number of allylic oxidation sites excluding steroid dienone is 1. The Hall–Kier alpha value is -4.28. The lowest BCUT2D eigenvalue weighted by atomic mass is 9.70. The summed E-state index contributed by atoms with van der Waals surface area (Å²) in [5, 5.41) is 13.4. The number of hydrogen-bond acceptors (Lipinski definition) is 7. The third-order valence-electron chi connectivity index (χ3n) is 10.4. The maximum Gasteiger partial charge on any atom is 0.313 e. The number of ether oxygens (including phenoxy) is 2. The predicted molar refractivity (Wildman–Crippen MR) is 186 cm³/mol. The molecule has 3 aliphatic heterocycles. The molecule has 3 fully saturated rings. The number of esters is 1. The highest BCUT2D eigenvalue weighted by atomic mass is 16.6. The second kappa shape index (κ2) is 15.1. The summed E-state index contributed by atoms with van der Waals surface area (Å²) in [5.41, 5.74) is 1.93. The first kappa shape index (κ1) is 36.0. The van der Waals surface area contributed by atoms with Crippen molar-refractivity contribution >= 4 is 29.4 Å². The summed E-state index contributed by atoms with van der Waals surface area (Å²) >= 11 is 0. The SMILES string of the molecule is C=CCCC(=O)N[C@@H](C)[C@H](OC(=O)[C@@H]1[C@@H]2CC[C@]3(O2)[C@H](C(=O)N(CC=C)c2c(C)cccc2C)N([C@@H](CC)CO)C(=O)[C@@H]13)c1ccccc1. The number of aliphatic hydroxyl groups is 1. The molecule has 3 saturated heterocycles. The maximum atomic E-state index is 14.9. The number of rotatable bonds is 15. The number of para-hydroxylation sites is 1. The standard InChI is InChI=1S/C39H49N3O7/c1-7-10-19-30(44)40-26(6)34(27-17-12-11-13-18-27)48-38(47)31-29-20-21-39(49-29)32(31)36(45)42(28(9-3)23-43)35(39)37(46)41(22-8-2)33-24(4)15-14-16-25(33)5/h7-8,11-18,26,28-29,31-32,34-35,43H,1-2,9-10,19-23H2,3-6H3,(H,40,44)/t26-,28-,29-,31+,32+,34-,35-,39+/m0/s1. The van der Waals surface area contributed by atoms with Crippen molar-refractivity contribution in [1.82, 2.24) is 10.2 Å². The number of aryl methyl sites for hydroxylation is 2. The third-order valence-corrected chi connectivity index (χ3v) is 10.4. The van der Waals surface area contributed by atoms with Crippen LogP contribution in [0.4, 0.5) is 5.69 Å². The van der Waals surface area contributed by atoms with Gasteiger partial charge in [0, 0.05) is 18.7 Å². The molecule has 0 saturated carbocycles. The summed E-state index contributed by atoms with van der Waals surface area (Å²) in [6, 6.07) is 12.7. The lowest BCUT2D eigenvalue weighted by Crippen LogP contribution is -2.59. The Labute approximate surface area is 289 Å². The summed E-state index contributed by atoms with van der Waals surface area (Å²) in [6.45, 7) is 14.9. The van der Waals surface area contributed by atoms with Gasteiger partial charge >= 0.3 is 5.97 Å². The molecular formula is C39H49N3O7. The number of nitrogens with zero attached hydrogens (tertiary/aromatic N) is 2. The van der Waals surface area contributed by atoms with Gasteiger partial charge in [0.25, 0.3) is 5.91 Å². The van der Waals surface area contributed by atoms with E-state index in [9.17, 15) is 24.3 Å². The zero-order chi connectivity index (χ0) is 35.5. The van der Waals surface area contributed by atoms with Gasteiger partial charge in [-0.15, -0.1) is 13.2 Å². The first-order valence-electron chi connectivity index (χ1n) is 17.3. The quantitative estimate of drug-likeness (QED) is 0.207. The largest absolute Gasteiger partial charge is 0.455 e. The Bertz CT molecular complexity index is 1550. The molecule has 3 heterocycles. The number of anilines is 1. The van der Waals surface area contributed by atoms with Crippen molar-refractivity contribution in [2.45, 2.75) is 95.7 Å². The van der Waals surface area contributed by atoms with Crippen LogP contribution in [0.3, 0.4) is 0 Å². The highest BCUT2D eigenvalue weighted by Gasteiger charge is 2.75. The van der Waals surface area contributed by atoms with E-state index in [-0.39, 0.29) is 31.4 Å². The van der Waals surface area contributed by atoms with Crippen molar-refractivity contribution < 1.29 is 33.8 Å². The zero-order valence-corrected chi connectivity index (χ0v) is 29.0. The molecule has 0 radical (unpaired) electrons. The molecule has 1 spiro atoms. The summed E-state index contributed by atoms with van der Waals surface area (Å²) in [7, 11) is 0. The van der Waals surface area contributed by atoms with E-state index in [1.165, 1.54) is 4.90 Å². The van der Waals surface area contributed by atoms with E-state index < -0.39 is 59.6 Å². The van der Waals surface area contributed by atoms with Crippen LogP contribution >= 0.6 is 0 Å². The fraction of sp³-hybridized carbons (Fsp3) is 0.487. The minimum absolute atomic E-state index is 0.197. The van der Waals surface area contributed by atoms with Gasteiger partial charge in [0.1, 0.15) is 17.7 Å². The van der Waals surface area contributed by atoms with Crippen molar-refractivity contribution in [2.24, 2.45) is 11.8 Å². The Morgan fingerprint density at radius 1 is 1.12 bits per heavy atom. The molecule has 2 aromatic rings. The Morgan fingerprint density at radius 2 is 1.82 bits per heavy atom. The number of nitrogens with one attached hydrogen (secondary N) is 1. The average Bonchev–Trinajstić information content (AvgIpc) is 3.74. The van der Waals surface area contributed by atoms with Gasteiger partial charge in [-0.25, -0.2) is 0 Å². The maximum absolute atomic E-state index is 14.9. The summed E-state index contributed by atoms with van der Waals surface area (Å²) < 4.78 is 12.9. The molecule has 5 rings (SSSR count). The van der Waals surface area contributed by atoms with Crippen LogP contribution in [0.1, 0.15) is 68.7 Å². The molecule has 10 nitrogen and oxygen atoms in total. The molecule has 3 aliphatic rings. The van der Waals surface area contributed by atoms with E-state index in [0.717, 1.165) is 16.8 Å². The molecule has 2 aromatic carbocycles. The third kappa shape index (κ3) is 6.56. The van der Waals surface area contributed by atoms with Crippen LogP contribution in [0.25, 0.3) is 0 Å². The second-order valence-corrected chi connectivity index (χ2v) is 13.5. The lowest BCUT2D eigenvalue weighted by molar-refractivity contribution is -0.162. The van der Waals surface area contributed by atoms with Gasteiger partial charge < -0.3 is 29.7 Å². The normalized spacial score (nSPS) is 25.7. The van der Waals surface area contributed by atoms with E-state index in [1.807, 2.05) is 69.3 Å². The number of aliphatic hydroxyl groups excluding tert-OH is 1. The van der Waals surface area contributed by atoms with E-state index in [2.05, 4.69) is 18.5 Å². The first-order chi connectivity index (χ1) is 23.5. The molecule has 262 valence electrons. The van der Waals surface area contributed by atoms with Crippen molar-refractivity contribution in [2.75, 3.05) is 18.1 Å². The van der Waals surface area contributed by atoms with E-state index in [0.29, 0.717) is 31.2 Å². The van der Waals surface area contributed by atoms with Gasteiger partial charge in [-0.1, -0.05) is 67.6 Å². The zero-order valence-electron chi connectivity index (χ0n) is 29.0. The Kier molecular flexibility index (Phi) is 11.1. The van der Waals surface area contributed by atoms with Crippen molar-refractivity contribution in [1.29, 1.82) is 0 Å². The summed E-state index contributed by atoms with van der Waals surface area (Å²) in [4.78, 5) is 59.7.